The zero-order chi connectivity index (χ0) is 23.3. The Bertz CT molecular complexity index is 1080. The maximum absolute atomic E-state index is 12.4. The average molecular weight is 518 g/mol. The number of carbonyl (C=O) groups excluding carboxylic acids is 1. The van der Waals surface area contributed by atoms with Gasteiger partial charge in [0.1, 0.15) is 5.75 Å². The summed E-state index contributed by atoms with van der Waals surface area (Å²) in [7, 11) is 0. The molecule has 1 aromatic heterocycles. The van der Waals surface area contributed by atoms with E-state index in [1.165, 1.54) is 11.8 Å². The number of aryl methyl sites for hydroxylation is 1. The highest BCUT2D eigenvalue weighted by Gasteiger charge is 2.14. The Balaban J connectivity index is 1.55. The number of carbonyl (C=O) groups is 1. The summed E-state index contributed by atoms with van der Waals surface area (Å²) in [5.41, 5.74) is 4.15. The lowest BCUT2D eigenvalue weighted by Crippen LogP contribution is -2.15. The molecule has 0 saturated heterocycles. The van der Waals surface area contributed by atoms with Crippen molar-refractivity contribution in [1.82, 2.24) is 10.2 Å². The van der Waals surface area contributed by atoms with E-state index in [4.69, 9.17) is 9.15 Å². The highest BCUT2D eigenvalue weighted by Crippen LogP contribution is 2.29. The van der Waals surface area contributed by atoms with Crippen molar-refractivity contribution in [2.24, 2.45) is 0 Å². The van der Waals surface area contributed by atoms with E-state index in [-0.39, 0.29) is 18.3 Å². The Morgan fingerprint density at radius 2 is 1.84 bits per heavy atom. The lowest BCUT2D eigenvalue weighted by atomic mass is 10.0. The van der Waals surface area contributed by atoms with Gasteiger partial charge in [-0.3, -0.25) is 4.79 Å². The second-order valence-electron chi connectivity index (χ2n) is 8.17. The number of thioether (sulfide) groups is 1. The summed E-state index contributed by atoms with van der Waals surface area (Å²) in [4.78, 5) is 12.4. The Morgan fingerprint density at radius 1 is 1.09 bits per heavy atom. The summed E-state index contributed by atoms with van der Waals surface area (Å²) >= 11 is 4.68. The van der Waals surface area contributed by atoms with E-state index in [0.717, 1.165) is 32.6 Å². The van der Waals surface area contributed by atoms with Crippen molar-refractivity contribution < 1.29 is 13.9 Å². The van der Waals surface area contributed by atoms with Crippen LogP contribution in [0.5, 0.6) is 5.75 Å². The van der Waals surface area contributed by atoms with Gasteiger partial charge in [-0.25, -0.2) is 0 Å². The van der Waals surface area contributed by atoms with Gasteiger partial charge in [0, 0.05) is 10.2 Å². The fraction of sp³-hybridized carbons (Fsp3) is 0.375. The Labute approximate surface area is 201 Å². The summed E-state index contributed by atoms with van der Waals surface area (Å²) < 4.78 is 12.6. The van der Waals surface area contributed by atoms with Crippen LogP contribution in [0.3, 0.4) is 0 Å². The van der Waals surface area contributed by atoms with Crippen LogP contribution in [0.15, 0.2) is 50.5 Å². The number of aromatic nitrogens is 2. The van der Waals surface area contributed by atoms with Gasteiger partial charge in [-0.15, -0.1) is 10.2 Å². The van der Waals surface area contributed by atoms with Crippen LogP contribution in [0.2, 0.25) is 0 Å². The molecule has 2 aromatic carbocycles. The number of hydrogen-bond donors (Lipinski definition) is 1. The number of hydrogen-bond acceptors (Lipinski definition) is 6. The summed E-state index contributed by atoms with van der Waals surface area (Å²) in [5, 5.41) is 11.4. The van der Waals surface area contributed by atoms with Gasteiger partial charge >= 0.3 is 0 Å². The number of amides is 1. The molecule has 0 bridgehead atoms. The normalized spacial score (nSPS) is 11.2. The van der Waals surface area contributed by atoms with Gasteiger partial charge < -0.3 is 14.5 Å². The van der Waals surface area contributed by atoms with Crippen LogP contribution in [-0.4, -0.2) is 21.9 Å². The molecule has 6 nitrogen and oxygen atoms in total. The minimum atomic E-state index is -0.128. The van der Waals surface area contributed by atoms with E-state index in [0.29, 0.717) is 22.9 Å². The molecule has 1 N–H and O–H groups in total. The quantitative estimate of drug-likeness (QED) is 0.318. The van der Waals surface area contributed by atoms with Crippen LogP contribution in [0.1, 0.15) is 62.1 Å². The molecular formula is C24H28BrN3O3S. The summed E-state index contributed by atoms with van der Waals surface area (Å²) in [5.74, 6) is 1.88. The molecule has 32 heavy (non-hydrogen) atoms. The molecule has 0 spiro atoms. The van der Waals surface area contributed by atoms with Gasteiger partial charge in [0.15, 0.2) is 6.61 Å². The fourth-order valence-electron chi connectivity index (χ4n) is 3.18. The van der Waals surface area contributed by atoms with E-state index in [1.54, 1.807) is 0 Å². The summed E-state index contributed by atoms with van der Waals surface area (Å²) in [6.07, 6.45) is 0. The molecule has 0 fully saturated rings. The Hall–Kier alpha value is -2.32. The smallest absolute Gasteiger partial charge is 0.277 e. The molecule has 170 valence electrons. The third kappa shape index (κ3) is 6.59. The first-order valence-electron chi connectivity index (χ1n) is 10.5. The molecule has 0 aliphatic heterocycles. The van der Waals surface area contributed by atoms with E-state index in [2.05, 4.69) is 71.3 Å². The van der Waals surface area contributed by atoms with Crippen LogP contribution in [0, 0.1) is 6.92 Å². The zero-order valence-electron chi connectivity index (χ0n) is 18.9. The Morgan fingerprint density at radius 3 is 2.56 bits per heavy atom. The van der Waals surface area contributed by atoms with Crippen molar-refractivity contribution in [2.45, 2.75) is 58.3 Å². The van der Waals surface area contributed by atoms with Gasteiger partial charge in [0.05, 0.1) is 5.75 Å². The molecule has 1 heterocycles. The van der Waals surface area contributed by atoms with Crippen molar-refractivity contribution >= 4 is 39.3 Å². The second kappa shape index (κ2) is 11.0. The molecular weight excluding hydrogens is 490 g/mol. The van der Waals surface area contributed by atoms with Crippen molar-refractivity contribution in [2.75, 3.05) is 11.1 Å². The number of nitrogens with zero attached hydrogens (tertiary/aromatic N) is 2. The number of benzene rings is 2. The number of ether oxygens (including phenoxy) is 1. The summed E-state index contributed by atoms with van der Waals surface area (Å²) in [6.45, 7) is 10.6. The molecule has 3 aromatic rings. The van der Waals surface area contributed by atoms with E-state index in [1.807, 2.05) is 31.2 Å². The lowest BCUT2D eigenvalue weighted by molar-refractivity contribution is -0.113. The highest BCUT2D eigenvalue weighted by atomic mass is 79.9. The molecule has 0 atom stereocenters. The molecule has 0 unspecified atom stereocenters. The minimum absolute atomic E-state index is 0.128. The average Bonchev–Trinajstić information content (AvgIpc) is 3.19. The monoisotopic (exact) mass is 517 g/mol. The van der Waals surface area contributed by atoms with Crippen LogP contribution in [-0.2, 0) is 11.4 Å². The Kier molecular flexibility index (Phi) is 8.37. The number of anilines is 1. The highest BCUT2D eigenvalue weighted by molar-refractivity contribution is 9.10. The van der Waals surface area contributed by atoms with Gasteiger partial charge in [-0.1, -0.05) is 67.5 Å². The maximum atomic E-state index is 12.4. The zero-order valence-corrected chi connectivity index (χ0v) is 21.3. The van der Waals surface area contributed by atoms with Gasteiger partial charge in [0.2, 0.25) is 5.91 Å². The number of rotatable bonds is 9. The molecule has 8 heteroatoms. The fourth-order valence-corrected chi connectivity index (χ4v) is 4.14. The van der Waals surface area contributed by atoms with Crippen LogP contribution in [0.25, 0.3) is 0 Å². The van der Waals surface area contributed by atoms with E-state index < -0.39 is 0 Å². The van der Waals surface area contributed by atoms with E-state index >= 15 is 0 Å². The molecule has 0 aliphatic carbocycles. The van der Waals surface area contributed by atoms with Crippen molar-refractivity contribution in [1.29, 1.82) is 0 Å². The first-order chi connectivity index (χ1) is 15.2. The number of halogens is 1. The van der Waals surface area contributed by atoms with Gasteiger partial charge in [-0.2, -0.15) is 0 Å². The largest absolute Gasteiger partial charge is 0.484 e. The molecule has 0 radical (unpaired) electrons. The van der Waals surface area contributed by atoms with E-state index in [9.17, 15) is 4.79 Å². The third-order valence-corrected chi connectivity index (χ3v) is 6.14. The molecule has 1 amide bonds. The molecule has 3 rings (SSSR count). The first kappa shape index (κ1) is 24.3. The topological polar surface area (TPSA) is 77.2 Å². The maximum Gasteiger partial charge on any atom is 0.277 e. The van der Waals surface area contributed by atoms with Crippen LogP contribution < -0.4 is 10.1 Å². The van der Waals surface area contributed by atoms with Crippen LogP contribution >= 0.6 is 27.7 Å². The first-order valence-corrected chi connectivity index (χ1v) is 12.3. The molecule has 0 saturated carbocycles. The summed E-state index contributed by atoms with van der Waals surface area (Å²) in [6, 6.07) is 12.0. The second-order valence-corrected chi connectivity index (χ2v) is 10.0. The lowest BCUT2D eigenvalue weighted by Gasteiger charge is -2.14. The van der Waals surface area contributed by atoms with Crippen molar-refractivity contribution in [3.8, 4) is 5.75 Å². The third-order valence-electron chi connectivity index (χ3n) is 4.83. The van der Waals surface area contributed by atoms with Gasteiger partial charge in [0.25, 0.3) is 11.1 Å². The minimum Gasteiger partial charge on any atom is -0.484 e. The van der Waals surface area contributed by atoms with Crippen molar-refractivity contribution in [3.05, 3.63) is 63.5 Å². The predicted molar refractivity (Wildman–Crippen MR) is 131 cm³/mol. The number of nitrogens with one attached hydrogen (secondary N) is 1. The SMILES string of the molecule is Cc1ccc(C(C)C)c(OCc2nnc(SCC(=O)Nc3ccc(Br)cc3C(C)C)o2)c1. The standard InChI is InChI=1S/C24H28BrN3O3S/c1-14(2)18-8-6-16(5)10-21(18)30-12-23-27-28-24(31-23)32-13-22(29)26-20-9-7-17(25)11-19(20)15(3)4/h6-11,14-15H,12-13H2,1-5H3,(H,26,29). The molecule has 0 aliphatic rings. The van der Waals surface area contributed by atoms with Crippen LogP contribution in [0.4, 0.5) is 5.69 Å². The predicted octanol–water partition coefficient (Wildman–Crippen LogP) is 6.70. The van der Waals surface area contributed by atoms with Gasteiger partial charge in [-0.05, 0) is 59.7 Å². The van der Waals surface area contributed by atoms with Crippen molar-refractivity contribution in [3.63, 3.8) is 0 Å².